The molecule has 1 amide bonds. The third-order valence-electron chi connectivity index (χ3n) is 2.42. The lowest BCUT2D eigenvalue weighted by molar-refractivity contribution is -0.131. The van der Waals surface area contributed by atoms with Crippen LogP contribution >= 0.6 is 24.4 Å². The number of rotatable bonds is 2. The van der Waals surface area contributed by atoms with Gasteiger partial charge in [0, 0.05) is 18.8 Å². The maximum atomic E-state index is 11.9. The average Bonchev–Trinajstić information content (AvgIpc) is 2.43. The van der Waals surface area contributed by atoms with Crippen LogP contribution in [-0.4, -0.2) is 40.7 Å². The molecule has 0 aromatic carbocycles. The summed E-state index contributed by atoms with van der Waals surface area (Å²) >= 11 is 6.31. The van der Waals surface area contributed by atoms with E-state index in [1.165, 1.54) is 5.75 Å². The van der Waals surface area contributed by atoms with Gasteiger partial charge in [0.1, 0.15) is 0 Å². The Bertz CT molecular complexity index is 189. The minimum Gasteiger partial charge on any atom is -0.341 e. The van der Waals surface area contributed by atoms with Crippen molar-refractivity contribution in [3.8, 4) is 0 Å². The number of thioether (sulfide) groups is 1. The number of hydrogen-bond acceptors (Lipinski definition) is 3. The zero-order valence-electron chi connectivity index (χ0n) is 8.90. The maximum Gasteiger partial charge on any atom is 0.235 e. The Kier molecular flexibility index (Phi) is 5.17. The number of amides is 1. The number of nitrogens with zero attached hydrogens (tertiary/aromatic N) is 1. The van der Waals surface area contributed by atoms with Crippen LogP contribution in [0.2, 0.25) is 0 Å². The van der Waals surface area contributed by atoms with Crippen LogP contribution in [-0.2, 0) is 4.79 Å². The molecular weight excluding hydrogens is 214 g/mol. The van der Waals surface area contributed by atoms with Gasteiger partial charge in [0.25, 0.3) is 0 Å². The van der Waals surface area contributed by atoms with Crippen molar-refractivity contribution >= 4 is 30.3 Å². The normalized spacial score (nSPS) is 20.7. The third-order valence-corrected chi connectivity index (χ3v) is 4.28. The molecule has 0 radical (unpaired) electrons. The Morgan fingerprint density at radius 2 is 2.07 bits per heavy atom. The van der Waals surface area contributed by atoms with E-state index in [2.05, 4.69) is 12.6 Å². The Morgan fingerprint density at radius 1 is 1.36 bits per heavy atom. The second-order valence-corrected chi connectivity index (χ2v) is 5.76. The van der Waals surface area contributed by atoms with Crippen LogP contribution in [0.4, 0.5) is 0 Å². The molecule has 0 aromatic rings. The molecule has 0 N–H and O–H groups in total. The molecule has 1 rings (SSSR count). The summed E-state index contributed by atoms with van der Waals surface area (Å²) in [6.45, 7) is 5.90. The lowest BCUT2D eigenvalue weighted by Crippen LogP contribution is -2.40. The van der Waals surface area contributed by atoms with Crippen LogP contribution in [0.25, 0.3) is 0 Å². The first-order valence-electron chi connectivity index (χ1n) is 5.17. The summed E-state index contributed by atoms with van der Waals surface area (Å²) in [6.07, 6.45) is 1.12. The molecule has 0 aliphatic carbocycles. The Balaban J connectivity index is 2.49. The van der Waals surface area contributed by atoms with Gasteiger partial charge < -0.3 is 4.90 Å². The lowest BCUT2D eigenvalue weighted by Gasteiger charge is -2.25. The second-order valence-electron chi connectivity index (χ2n) is 3.98. The second kappa shape index (κ2) is 5.91. The van der Waals surface area contributed by atoms with E-state index in [9.17, 15) is 4.79 Å². The van der Waals surface area contributed by atoms with Gasteiger partial charge in [0.05, 0.1) is 5.25 Å². The molecule has 1 fully saturated rings. The summed E-state index contributed by atoms with van der Waals surface area (Å²) < 4.78 is 0. The average molecular weight is 233 g/mol. The van der Waals surface area contributed by atoms with Gasteiger partial charge in [-0.3, -0.25) is 4.79 Å². The van der Waals surface area contributed by atoms with Gasteiger partial charge in [0.15, 0.2) is 0 Å². The van der Waals surface area contributed by atoms with Crippen molar-refractivity contribution in [2.45, 2.75) is 25.5 Å². The topological polar surface area (TPSA) is 20.3 Å². The van der Waals surface area contributed by atoms with E-state index in [0.717, 1.165) is 25.3 Å². The molecule has 1 aliphatic rings. The molecule has 0 bridgehead atoms. The van der Waals surface area contributed by atoms with Crippen LogP contribution < -0.4 is 0 Å². The first kappa shape index (κ1) is 12.2. The highest BCUT2D eigenvalue weighted by atomic mass is 32.2. The lowest BCUT2D eigenvalue weighted by atomic mass is 10.1. The van der Waals surface area contributed by atoms with Crippen molar-refractivity contribution in [1.82, 2.24) is 4.90 Å². The molecule has 1 heterocycles. The third kappa shape index (κ3) is 3.39. The maximum absolute atomic E-state index is 11.9. The fourth-order valence-corrected chi connectivity index (χ4v) is 2.49. The highest BCUT2D eigenvalue weighted by Gasteiger charge is 2.24. The molecule has 82 valence electrons. The number of carbonyl (C=O) groups is 1. The highest BCUT2D eigenvalue weighted by molar-refractivity contribution is 7.99. The van der Waals surface area contributed by atoms with E-state index in [4.69, 9.17) is 0 Å². The first-order valence-corrected chi connectivity index (χ1v) is 6.84. The molecule has 1 unspecified atom stereocenters. The van der Waals surface area contributed by atoms with Crippen LogP contribution in [0.3, 0.4) is 0 Å². The largest absolute Gasteiger partial charge is 0.341 e. The van der Waals surface area contributed by atoms with E-state index < -0.39 is 0 Å². The summed E-state index contributed by atoms with van der Waals surface area (Å²) in [5, 5.41) is -0.127. The van der Waals surface area contributed by atoms with Gasteiger partial charge in [-0.05, 0) is 18.1 Å². The minimum absolute atomic E-state index is 0.127. The van der Waals surface area contributed by atoms with Crippen molar-refractivity contribution in [2.75, 3.05) is 24.6 Å². The molecule has 1 aliphatic heterocycles. The molecule has 4 heteroatoms. The van der Waals surface area contributed by atoms with E-state index in [1.807, 2.05) is 30.5 Å². The van der Waals surface area contributed by atoms with Crippen molar-refractivity contribution in [2.24, 2.45) is 5.92 Å². The minimum atomic E-state index is -0.127. The zero-order chi connectivity index (χ0) is 10.6. The van der Waals surface area contributed by atoms with Crippen molar-refractivity contribution in [1.29, 1.82) is 0 Å². The predicted octanol–water partition coefficient (Wildman–Crippen LogP) is 1.91. The van der Waals surface area contributed by atoms with Crippen molar-refractivity contribution < 1.29 is 4.79 Å². The van der Waals surface area contributed by atoms with Gasteiger partial charge in [-0.25, -0.2) is 0 Å². The first-order chi connectivity index (χ1) is 6.63. The number of carbonyl (C=O) groups excluding carboxylic acids is 1. The quantitative estimate of drug-likeness (QED) is 0.735. The van der Waals surface area contributed by atoms with E-state index in [1.54, 1.807) is 0 Å². The van der Waals surface area contributed by atoms with E-state index in [-0.39, 0.29) is 11.2 Å². The molecule has 0 aromatic heterocycles. The molecule has 14 heavy (non-hydrogen) atoms. The monoisotopic (exact) mass is 233 g/mol. The summed E-state index contributed by atoms with van der Waals surface area (Å²) in [7, 11) is 0. The molecule has 0 spiro atoms. The fourth-order valence-electron chi connectivity index (χ4n) is 1.44. The Labute approximate surface area is 96.2 Å². The van der Waals surface area contributed by atoms with Crippen LogP contribution in [0, 0.1) is 5.92 Å². The molecule has 1 saturated heterocycles. The number of thiol groups is 1. The molecule has 1 atom stereocenters. The van der Waals surface area contributed by atoms with Gasteiger partial charge in [0.2, 0.25) is 5.91 Å². The van der Waals surface area contributed by atoms with Crippen LogP contribution in [0.1, 0.15) is 20.3 Å². The molecule has 0 saturated carbocycles. The Hall–Kier alpha value is 0.170. The highest BCUT2D eigenvalue weighted by Crippen LogP contribution is 2.16. The Morgan fingerprint density at radius 3 is 2.71 bits per heavy atom. The SMILES string of the molecule is CC(C)C(S)C(=O)N1CCCSCC1. The fraction of sp³-hybridized carbons (Fsp3) is 0.900. The zero-order valence-corrected chi connectivity index (χ0v) is 10.6. The van der Waals surface area contributed by atoms with Crippen molar-refractivity contribution in [3.05, 3.63) is 0 Å². The number of hydrogen-bond donors (Lipinski definition) is 1. The van der Waals surface area contributed by atoms with E-state index >= 15 is 0 Å². The summed E-state index contributed by atoms with van der Waals surface area (Å²) in [4.78, 5) is 13.9. The summed E-state index contributed by atoms with van der Waals surface area (Å²) in [5.74, 6) is 2.79. The smallest absolute Gasteiger partial charge is 0.235 e. The van der Waals surface area contributed by atoms with Crippen LogP contribution in [0.5, 0.6) is 0 Å². The standard InChI is InChI=1S/C10H19NOS2/c1-8(2)9(13)10(12)11-4-3-6-14-7-5-11/h8-9,13H,3-7H2,1-2H3. The summed E-state index contributed by atoms with van der Waals surface area (Å²) in [6, 6.07) is 0. The van der Waals surface area contributed by atoms with Gasteiger partial charge in [-0.1, -0.05) is 13.8 Å². The predicted molar refractivity (Wildman–Crippen MR) is 66.1 cm³/mol. The van der Waals surface area contributed by atoms with Crippen molar-refractivity contribution in [3.63, 3.8) is 0 Å². The van der Waals surface area contributed by atoms with Crippen LogP contribution in [0.15, 0.2) is 0 Å². The molecular formula is C10H19NOS2. The summed E-state index contributed by atoms with van der Waals surface area (Å²) in [5.41, 5.74) is 0. The van der Waals surface area contributed by atoms with E-state index in [0.29, 0.717) is 5.92 Å². The van der Waals surface area contributed by atoms with Gasteiger partial charge in [-0.15, -0.1) is 0 Å². The van der Waals surface area contributed by atoms with Gasteiger partial charge in [-0.2, -0.15) is 24.4 Å². The van der Waals surface area contributed by atoms with Gasteiger partial charge >= 0.3 is 0 Å². The molecule has 2 nitrogen and oxygen atoms in total.